The molecule has 0 spiro atoms. The SMILES string of the molecule is CNC(Cc1ccsc1)Cc1ccccc1C. The zero-order valence-corrected chi connectivity index (χ0v) is 11.3. The van der Waals surface area contributed by atoms with E-state index in [1.807, 2.05) is 0 Å². The molecule has 1 N–H and O–H groups in total. The van der Waals surface area contributed by atoms with Crippen LogP contribution in [0.15, 0.2) is 41.1 Å². The summed E-state index contributed by atoms with van der Waals surface area (Å²) < 4.78 is 0. The first-order chi connectivity index (χ1) is 8.29. The van der Waals surface area contributed by atoms with Crippen LogP contribution in [0.25, 0.3) is 0 Å². The Morgan fingerprint density at radius 3 is 2.65 bits per heavy atom. The summed E-state index contributed by atoms with van der Waals surface area (Å²) in [6.45, 7) is 2.19. The lowest BCUT2D eigenvalue weighted by atomic mass is 9.97. The fourth-order valence-electron chi connectivity index (χ4n) is 2.07. The van der Waals surface area contributed by atoms with Crippen LogP contribution in [0.3, 0.4) is 0 Å². The van der Waals surface area contributed by atoms with Gasteiger partial charge in [0.05, 0.1) is 0 Å². The third-order valence-corrected chi connectivity index (χ3v) is 3.93. The maximum atomic E-state index is 3.42. The summed E-state index contributed by atoms with van der Waals surface area (Å²) in [5, 5.41) is 7.81. The molecule has 2 aromatic rings. The summed E-state index contributed by atoms with van der Waals surface area (Å²) in [4.78, 5) is 0. The Kier molecular flexibility index (Phi) is 4.35. The van der Waals surface area contributed by atoms with E-state index < -0.39 is 0 Å². The number of hydrogen-bond donors (Lipinski definition) is 1. The van der Waals surface area contributed by atoms with E-state index in [4.69, 9.17) is 0 Å². The van der Waals surface area contributed by atoms with Gasteiger partial charge in [-0.15, -0.1) is 0 Å². The summed E-state index contributed by atoms with van der Waals surface area (Å²) >= 11 is 1.77. The average Bonchev–Trinajstić information content (AvgIpc) is 2.84. The number of hydrogen-bond acceptors (Lipinski definition) is 2. The second kappa shape index (κ2) is 5.99. The molecule has 0 aliphatic carbocycles. The molecule has 90 valence electrons. The number of aryl methyl sites for hydroxylation is 1. The highest BCUT2D eigenvalue weighted by atomic mass is 32.1. The molecule has 1 aromatic heterocycles. The highest BCUT2D eigenvalue weighted by Gasteiger charge is 2.09. The molecule has 0 amide bonds. The monoisotopic (exact) mass is 245 g/mol. The van der Waals surface area contributed by atoms with Gasteiger partial charge < -0.3 is 5.32 Å². The Bertz CT molecular complexity index is 448. The van der Waals surface area contributed by atoms with Gasteiger partial charge in [-0.05, 0) is 60.3 Å². The molecule has 0 radical (unpaired) electrons. The number of likely N-dealkylation sites (N-methyl/N-ethyl adjacent to an activating group) is 1. The van der Waals surface area contributed by atoms with E-state index in [1.54, 1.807) is 11.3 Å². The van der Waals surface area contributed by atoms with Gasteiger partial charge in [-0.2, -0.15) is 11.3 Å². The van der Waals surface area contributed by atoms with Crippen LogP contribution in [-0.2, 0) is 12.8 Å². The Morgan fingerprint density at radius 1 is 1.18 bits per heavy atom. The highest BCUT2D eigenvalue weighted by molar-refractivity contribution is 7.07. The maximum absolute atomic E-state index is 3.42. The zero-order chi connectivity index (χ0) is 12.1. The largest absolute Gasteiger partial charge is 0.316 e. The summed E-state index contributed by atoms with van der Waals surface area (Å²) in [5.74, 6) is 0. The number of thiophene rings is 1. The van der Waals surface area contributed by atoms with E-state index in [-0.39, 0.29) is 0 Å². The minimum Gasteiger partial charge on any atom is -0.316 e. The molecule has 0 saturated heterocycles. The molecule has 0 aliphatic rings. The van der Waals surface area contributed by atoms with Crippen LogP contribution >= 0.6 is 11.3 Å². The summed E-state index contributed by atoms with van der Waals surface area (Å²) in [5.41, 5.74) is 4.27. The van der Waals surface area contributed by atoms with E-state index in [0.717, 1.165) is 12.8 Å². The van der Waals surface area contributed by atoms with E-state index >= 15 is 0 Å². The van der Waals surface area contributed by atoms with Crippen molar-refractivity contribution in [1.29, 1.82) is 0 Å². The van der Waals surface area contributed by atoms with Gasteiger partial charge in [0.1, 0.15) is 0 Å². The van der Waals surface area contributed by atoms with Crippen LogP contribution in [0.4, 0.5) is 0 Å². The first kappa shape index (κ1) is 12.3. The van der Waals surface area contributed by atoms with Gasteiger partial charge in [0.15, 0.2) is 0 Å². The van der Waals surface area contributed by atoms with Gasteiger partial charge in [0.25, 0.3) is 0 Å². The van der Waals surface area contributed by atoms with Crippen molar-refractivity contribution in [2.45, 2.75) is 25.8 Å². The van der Waals surface area contributed by atoms with Gasteiger partial charge in [-0.3, -0.25) is 0 Å². The molecule has 1 aromatic carbocycles. The van der Waals surface area contributed by atoms with Gasteiger partial charge >= 0.3 is 0 Å². The van der Waals surface area contributed by atoms with Crippen LogP contribution in [-0.4, -0.2) is 13.1 Å². The van der Waals surface area contributed by atoms with Crippen LogP contribution in [0, 0.1) is 6.92 Å². The molecular weight excluding hydrogens is 226 g/mol. The van der Waals surface area contributed by atoms with E-state index in [1.165, 1.54) is 16.7 Å². The predicted octanol–water partition coefficient (Wildman–Crippen LogP) is 3.43. The Hall–Kier alpha value is -1.12. The fourth-order valence-corrected chi connectivity index (χ4v) is 2.76. The van der Waals surface area contributed by atoms with Crippen molar-refractivity contribution in [2.24, 2.45) is 0 Å². The molecule has 0 fully saturated rings. The third-order valence-electron chi connectivity index (χ3n) is 3.20. The normalized spacial score (nSPS) is 12.6. The third kappa shape index (κ3) is 3.42. The van der Waals surface area contributed by atoms with E-state index in [9.17, 15) is 0 Å². The van der Waals surface area contributed by atoms with Gasteiger partial charge in [-0.25, -0.2) is 0 Å². The van der Waals surface area contributed by atoms with Crippen LogP contribution in [0.1, 0.15) is 16.7 Å². The molecule has 0 bridgehead atoms. The standard InChI is InChI=1S/C15H19NS/c1-12-5-3-4-6-14(12)10-15(16-2)9-13-7-8-17-11-13/h3-8,11,15-16H,9-10H2,1-2H3. The van der Waals surface area contributed by atoms with Crippen molar-refractivity contribution in [3.8, 4) is 0 Å². The Balaban J connectivity index is 2.03. The smallest absolute Gasteiger partial charge is 0.0145 e. The second-order valence-corrected chi connectivity index (χ2v) is 5.23. The van der Waals surface area contributed by atoms with Gasteiger partial charge in [-0.1, -0.05) is 24.3 Å². The summed E-state index contributed by atoms with van der Waals surface area (Å²) in [6.07, 6.45) is 2.20. The molecule has 2 heteroatoms. The molecule has 1 atom stereocenters. The van der Waals surface area contributed by atoms with Crippen molar-refractivity contribution < 1.29 is 0 Å². The zero-order valence-electron chi connectivity index (χ0n) is 10.4. The van der Waals surface area contributed by atoms with E-state index in [2.05, 4.69) is 60.4 Å². The van der Waals surface area contributed by atoms with E-state index in [0.29, 0.717) is 6.04 Å². The summed E-state index contributed by atoms with van der Waals surface area (Å²) in [6, 6.07) is 11.4. The lowest BCUT2D eigenvalue weighted by molar-refractivity contribution is 0.556. The lowest BCUT2D eigenvalue weighted by Gasteiger charge is -2.16. The molecule has 1 heterocycles. The Morgan fingerprint density at radius 2 is 2.00 bits per heavy atom. The van der Waals surface area contributed by atoms with Crippen molar-refractivity contribution in [1.82, 2.24) is 5.32 Å². The van der Waals surface area contributed by atoms with Gasteiger partial charge in [0.2, 0.25) is 0 Å². The molecule has 2 rings (SSSR count). The lowest BCUT2D eigenvalue weighted by Crippen LogP contribution is -2.30. The predicted molar refractivity (Wildman–Crippen MR) is 75.8 cm³/mol. The molecular formula is C15H19NS. The minimum atomic E-state index is 0.519. The number of nitrogens with one attached hydrogen (secondary N) is 1. The quantitative estimate of drug-likeness (QED) is 0.851. The Labute approximate surface area is 108 Å². The topological polar surface area (TPSA) is 12.0 Å². The van der Waals surface area contributed by atoms with Crippen molar-refractivity contribution >= 4 is 11.3 Å². The fraction of sp³-hybridized carbons (Fsp3) is 0.333. The van der Waals surface area contributed by atoms with Crippen molar-refractivity contribution in [3.05, 3.63) is 57.8 Å². The molecule has 1 unspecified atom stereocenters. The molecule has 0 saturated carbocycles. The van der Waals surface area contributed by atoms with Gasteiger partial charge in [0, 0.05) is 6.04 Å². The van der Waals surface area contributed by atoms with Crippen LogP contribution < -0.4 is 5.32 Å². The van der Waals surface area contributed by atoms with Crippen molar-refractivity contribution in [3.63, 3.8) is 0 Å². The molecule has 17 heavy (non-hydrogen) atoms. The second-order valence-electron chi connectivity index (χ2n) is 4.45. The molecule has 1 nitrogen and oxygen atoms in total. The molecule has 0 aliphatic heterocycles. The maximum Gasteiger partial charge on any atom is 0.0145 e. The number of benzene rings is 1. The highest BCUT2D eigenvalue weighted by Crippen LogP contribution is 2.14. The first-order valence-corrected chi connectivity index (χ1v) is 6.96. The first-order valence-electron chi connectivity index (χ1n) is 6.02. The summed E-state index contributed by atoms with van der Waals surface area (Å²) in [7, 11) is 2.05. The van der Waals surface area contributed by atoms with Crippen LogP contribution in [0.2, 0.25) is 0 Å². The number of rotatable bonds is 5. The van der Waals surface area contributed by atoms with Crippen molar-refractivity contribution in [2.75, 3.05) is 7.05 Å². The van der Waals surface area contributed by atoms with Crippen LogP contribution in [0.5, 0.6) is 0 Å². The average molecular weight is 245 g/mol. The minimum absolute atomic E-state index is 0.519.